The first-order valence-corrected chi connectivity index (χ1v) is 15.7. The average Bonchev–Trinajstić information content (AvgIpc) is 3.28. The summed E-state index contributed by atoms with van der Waals surface area (Å²) in [5.41, 5.74) is 2.79. The van der Waals surface area contributed by atoms with Crippen molar-refractivity contribution in [3.63, 3.8) is 0 Å². The van der Waals surface area contributed by atoms with Crippen LogP contribution in [0.4, 0.5) is 0 Å². The van der Waals surface area contributed by atoms with Crippen LogP contribution in [0.2, 0.25) is 0 Å². The fourth-order valence-corrected chi connectivity index (χ4v) is 6.36. The number of aliphatic hydroxyl groups is 1. The highest BCUT2D eigenvalue weighted by Crippen LogP contribution is 2.43. The molecule has 6 heteroatoms. The van der Waals surface area contributed by atoms with Gasteiger partial charge in [-0.05, 0) is 41.5 Å². The quantitative estimate of drug-likeness (QED) is 0.198. The lowest BCUT2D eigenvalue weighted by Gasteiger charge is -2.54. The third-order valence-electron chi connectivity index (χ3n) is 8.63. The topological polar surface area (TPSA) is 66.4 Å². The van der Waals surface area contributed by atoms with Crippen molar-refractivity contribution in [3.05, 3.63) is 144 Å². The van der Waals surface area contributed by atoms with Gasteiger partial charge in [0.1, 0.15) is 36.1 Å². The van der Waals surface area contributed by atoms with Gasteiger partial charge >= 0.3 is 0 Å². The first-order valence-electron chi connectivity index (χ1n) is 15.7. The highest BCUT2D eigenvalue weighted by atomic mass is 16.6. The molecule has 1 aliphatic heterocycles. The zero-order valence-corrected chi connectivity index (χ0v) is 25.1. The lowest BCUT2D eigenvalue weighted by Crippen LogP contribution is -2.72. The van der Waals surface area contributed by atoms with Crippen LogP contribution < -0.4 is 0 Å². The maximum Gasteiger partial charge on any atom is 0.122 e. The van der Waals surface area contributed by atoms with E-state index in [1.807, 2.05) is 121 Å². The Balaban J connectivity index is 1.37. The fraction of sp³-hybridized carbons (Fsp3) is 0.368. The molecule has 230 valence electrons. The maximum atomic E-state index is 12.7. The molecule has 2 fully saturated rings. The van der Waals surface area contributed by atoms with Crippen molar-refractivity contribution in [1.29, 1.82) is 0 Å². The van der Waals surface area contributed by atoms with E-state index in [-0.39, 0.29) is 0 Å². The van der Waals surface area contributed by atoms with Crippen LogP contribution in [0.25, 0.3) is 0 Å². The summed E-state index contributed by atoms with van der Waals surface area (Å²) in [6.07, 6.45) is -1.01. The van der Waals surface area contributed by atoms with Gasteiger partial charge in [-0.1, -0.05) is 121 Å². The van der Waals surface area contributed by atoms with Crippen molar-refractivity contribution in [2.24, 2.45) is 0 Å². The number of hydrogen-bond donors (Lipinski definition) is 1. The molecule has 6 atom stereocenters. The van der Waals surface area contributed by atoms with Crippen LogP contribution >= 0.6 is 0 Å². The summed E-state index contributed by atoms with van der Waals surface area (Å²) in [6, 6.07) is 40.3. The van der Waals surface area contributed by atoms with Crippen LogP contribution in [0.1, 0.15) is 41.5 Å². The lowest BCUT2D eigenvalue weighted by molar-refractivity contribution is -0.312. The van der Waals surface area contributed by atoms with E-state index in [0.29, 0.717) is 39.5 Å². The van der Waals surface area contributed by atoms with Crippen LogP contribution in [-0.4, -0.2) is 47.8 Å². The zero-order valence-electron chi connectivity index (χ0n) is 25.1. The monoisotopic (exact) mass is 594 g/mol. The van der Waals surface area contributed by atoms with Crippen molar-refractivity contribution < 1.29 is 28.8 Å². The van der Waals surface area contributed by atoms with Gasteiger partial charge < -0.3 is 28.8 Å². The standard InChI is InChI=1S/C38H42O6/c39-38-23-13-14-24-40-36(38)34(42-26-30-17-7-2-8-18-30)33(41-25-29-15-5-1-6-16-29)35(43-27-31-19-9-3-10-20-31)37(38)44-28-32-21-11-4-12-22-32/h1-12,15-22,33-37,39H,13-14,23-28H2. The van der Waals surface area contributed by atoms with Crippen molar-refractivity contribution in [3.8, 4) is 0 Å². The van der Waals surface area contributed by atoms with Gasteiger partial charge in [-0.2, -0.15) is 0 Å². The second-order valence-corrected chi connectivity index (χ2v) is 11.7. The van der Waals surface area contributed by atoms with Gasteiger partial charge in [0, 0.05) is 6.61 Å². The van der Waals surface area contributed by atoms with Gasteiger partial charge in [0.2, 0.25) is 0 Å². The van der Waals surface area contributed by atoms with Crippen LogP contribution in [0.15, 0.2) is 121 Å². The first kappa shape index (κ1) is 30.7. The van der Waals surface area contributed by atoms with E-state index in [2.05, 4.69) is 0 Å². The van der Waals surface area contributed by atoms with E-state index in [1.54, 1.807) is 0 Å². The first-order chi connectivity index (χ1) is 21.7. The molecule has 0 amide bonds. The van der Waals surface area contributed by atoms with Gasteiger partial charge in [-0.15, -0.1) is 0 Å². The minimum atomic E-state index is -1.35. The van der Waals surface area contributed by atoms with E-state index in [4.69, 9.17) is 23.7 Å². The molecule has 1 saturated carbocycles. The number of benzene rings is 4. The Hall–Kier alpha value is -3.36. The smallest absolute Gasteiger partial charge is 0.122 e. The number of fused-ring (bicyclic) bond motifs is 1. The Bertz CT molecular complexity index is 1390. The molecule has 1 aliphatic carbocycles. The minimum Gasteiger partial charge on any atom is -0.384 e. The molecule has 1 heterocycles. The summed E-state index contributed by atoms with van der Waals surface area (Å²) in [4.78, 5) is 0. The van der Waals surface area contributed by atoms with Crippen molar-refractivity contribution >= 4 is 0 Å². The summed E-state index contributed by atoms with van der Waals surface area (Å²) < 4.78 is 33.4. The molecule has 0 radical (unpaired) electrons. The summed E-state index contributed by atoms with van der Waals surface area (Å²) in [5, 5.41) is 12.7. The molecule has 2 aliphatic rings. The Morgan fingerprint density at radius 3 is 1.41 bits per heavy atom. The zero-order chi connectivity index (χ0) is 30.0. The number of rotatable bonds is 12. The van der Waals surface area contributed by atoms with Crippen LogP contribution in [0.3, 0.4) is 0 Å². The molecule has 6 rings (SSSR count). The second-order valence-electron chi connectivity index (χ2n) is 11.7. The molecule has 0 aromatic heterocycles. The molecule has 0 bridgehead atoms. The molecule has 6 unspecified atom stereocenters. The third-order valence-corrected chi connectivity index (χ3v) is 8.63. The normalized spacial score (nSPS) is 26.9. The average molecular weight is 595 g/mol. The molecule has 44 heavy (non-hydrogen) atoms. The molecule has 4 aromatic carbocycles. The summed E-state index contributed by atoms with van der Waals surface area (Å²) in [6.45, 7) is 1.91. The Morgan fingerprint density at radius 1 is 0.523 bits per heavy atom. The second kappa shape index (κ2) is 15.1. The predicted molar refractivity (Wildman–Crippen MR) is 169 cm³/mol. The van der Waals surface area contributed by atoms with Gasteiger partial charge in [-0.25, -0.2) is 0 Å². The Labute approximate surface area is 260 Å². The predicted octanol–water partition coefficient (Wildman–Crippen LogP) is 6.64. The van der Waals surface area contributed by atoms with E-state index in [0.717, 1.165) is 35.1 Å². The SMILES string of the molecule is OC12CCCCOC1C(OCc1ccccc1)C(OCc1ccccc1)C(OCc1ccccc1)C2OCc1ccccc1. The highest BCUT2D eigenvalue weighted by Gasteiger charge is 2.62. The number of ether oxygens (including phenoxy) is 5. The third kappa shape index (κ3) is 7.46. The molecular weight excluding hydrogens is 552 g/mol. The van der Waals surface area contributed by atoms with E-state index >= 15 is 0 Å². The molecule has 1 saturated heterocycles. The molecule has 1 N–H and O–H groups in total. The van der Waals surface area contributed by atoms with E-state index < -0.39 is 36.1 Å². The van der Waals surface area contributed by atoms with Crippen LogP contribution in [-0.2, 0) is 50.1 Å². The maximum absolute atomic E-state index is 12.7. The molecule has 6 nitrogen and oxygen atoms in total. The van der Waals surface area contributed by atoms with Crippen molar-refractivity contribution in [1.82, 2.24) is 0 Å². The van der Waals surface area contributed by atoms with Crippen LogP contribution in [0.5, 0.6) is 0 Å². The highest BCUT2D eigenvalue weighted by molar-refractivity contribution is 5.19. The van der Waals surface area contributed by atoms with E-state index in [9.17, 15) is 5.11 Å². The molecule has 4 aromatic rings. The molecule has 0 spiro atoms. The van der Waals surface area contributed by atoms with Gasteiger partial charge in [-0.3, -0.25) is 0 Å². The Morgan fingerprint density at radius 2 is 0.932 bits per heavy atom. The molecular formula is C38H42O6. The van der Waals surface area contributed by atoms with E-state index in [1.165, 1.54) is 0 Å². The summed E-state index contributed by atoms with van der Waals surface area (Å²) in [7, 11) is 0. The van der Waals surface area contributed by atoms with Crippen molar-refractivity contribution in [2.45, 2.75) is 81.8 Å². The Kier molecular flexibility index (Phi) is 10.5. The largest absolute Gasteiger partial charge is 0.384 e. The minimum absolute atomic E-state index is 0.326. The van der Waals surface area contributed by atoms with Crippen molar-refractivity contribution in [2.75, 3.05) is 6.61 Å². The fourth-order valence-electron chi connectivity index (χ4n) is 6.36. The van der Waals surface area contributed by atoms with Gasteiger partial charge in [0.05, 0.1) is 26.4 Å². The summed E-state index contributed by atoms with van der Waals surface area (Å²) in [5.74, 6) is 0. The summed E-state index contributed by atoms with van der Waals surface area (Å²) >= 11 is 0. The lowest BCUT2D eigenvalue weighted by atomic mass is 9.72. The number of hydrogen-bond acceptors (Lipinski definition) is 6. The van der Waals surface area contributed by atoms with Gasteiger partial charge in [0.25, 0.3) is 0 Å². The van der Waals surface area contributed by atoms with Gasteiger partial charge in [0.15, 0.2) is 0 Å². The van der Waals surface area contributed by atoms with Crippen LogP contribution in [0, 0.1) is 0 Å².